The third-order valence-electron chi connectivity index (χ3n) is 6.14. The van der Waals surface area contributed by atoms with Crippen LogP contribution in [0.25, 0.3) is 5.65 Å². The standard InChI is InChI=1S/C24H37N5O3/c1-15(14-32-7)25-22(30)9-8-19-16(2)26-21-12-20(27-29(21)17(19)3)18-10-11-28(13-18)23(31)24(4,5)6/h12,15,18H,8-11,13-14H2,1-7H3,(H,25,30)/t15-,18-/m1/s1. The van der Waals surface area contributed by atoms with Gasteiger partial charge in [-0.15, -0.1) is 0 Å². The highest BCUT2D eigenvalue weighted by Gasteiger charge is 2.34. The number of likely N-dealkylation sites (tertiary alicyclic amines) is 1. The lowest BCUT2D eigenvalue weighted by Gasteiger charge is -2.25. The average molecular weight is 444 g/mol. The maximum absolute atomic E-state index is 12.6. The summed E-state index contributed by atoms with van der Waals surface area (Å²) in [4.78, 5) is 31.6. The number of aryl methyl sites for hydroxylation is 2. The van der Waals surface area contributed by atoms with Crippen LogP contribution in [0.3, 0.4) is 0 Å². The van der Waals surface area contributed by atoms with E-state index in [1.54, 1.807) is 7.11 Å². The van der Waals surface area contributed by atoms with Gasteiger partial charge in [0.2, 0.25) is 11.8 Å². The van der Waals surface area contributed by atoms with Gasteiger partial charge in [-0.3, -0.25) is 9.59 Å². The van der Waals surface area contributed by atoms with Crippen molar-refractivity contribution in [3.8, 4) is 0 Å². The summed E-state index contributed by atoms with van der Waals surface area (Å²) < 4.78 is 6.96. The third kappa shape index (κ3) is 5.28. The maximum atomic E-state index is 12.6. The lowest BCUT2D eigenvalue weighted by molar-refractivity contribution is -0.138. The molecule has 0 saturated carbocycles. The van der Waals surface area contributed by atoms with Gasteiger partial charge in [0.25, 0.3) is 0 Å². The first-order chi connectivity index (χ1) is 15.0. The van der Waals surface area contributed by atoms with Crippen LogP contribution in [-0.4, -0.2) is 64.2 Å². The van der Waals surface area contributed by atoms with Gasteiger partial charge in [0.15, 0.2) is 5.65 Å². The van der Waals surface area contributed by atoms with Crippen molar-refractivity contribution in [3.05, 3.63) is 28.7 Å². The predicted molar refractivity (Wildman–Crippen MR) is 124 cm³/mol. The largest absolute Gasteiger partial charge is 0.383 e. The summed E-state index contributed by atoms with van der Waals surface area (Å²) >= 11 is 0. The van der Waals surface area contributed by atoms with E-state index in [0.29, 0.717) is 26.0 Å². The number of nitrogens with zero attached hydrogens (tertiary/aromatic N) is 4. The Hall–Kier alpha value is -2.48. The molecule has 0 radical (unpaired) electrons. The Morgan fingerprint density at radius 3 is 2.69 bits per heavy atom. The van der Waals surface area contributed by atoms with Crippen LogP contribution < -0.4 is 5.32 Å². The lowest BCUT2D eigenvalue weighted by atomic mass is 9.95. The van der Waals surface area contributed by atoms with Gasteiger partial charge >= 0.3 is 0 Å². The molecule has 0 spiro atoms. The van der Waals surface area contributed by atoms with E-state index in [4.69, 9.17) is 14.8 Å². The average Bonchev–Trinajstić information content (AvgIpc) is 3.33. The van der Waals surface area contributed by atoms with Gasteiger partial charge in [-0.1, -0.05) is 20.8 Å². The summed E-state index contributed by atoms with van der Waals surface area (Å²) in [5, 5.41) is 7.80. The van der Waals surface area contributed by atoms with E-state index >= 15 is 0 Å². The minimum Gasteiger partial charge on any atom is -0.383 e. The summed E-state index contributed by atoms with van der Waals surface area (Å²) in [7, 11) is 1.63. The number of methoxy groups -OCH3 is 1. The van der Waals surface area contributed by atoms with E-state index in [1.165, 1.54) is 0 Å². The number of fused-ring (bicyclic) bond motifs is 1. The van der Waals surface area contributed by atoms with Crippen molar-refractivity contribution in [1.82, 2.24) is 24.8 Å². The van der Waals surface area contributed by atoms with Crippen LogP contribution in [0, 0.1) is 19.3 Å². The highest BCUT2D eigenvalue weighted by Crippen LogP contribution is 2.30. The Balaban J connectivity index is 1.74. The highest BCUT2D eigenvalue weighted by atomic mass is 16.5. The molecular formula is C24H37N5O3. The Morgan fingerprint density at radius 1 is 1.31 bits per heavy atom. The van der Waals surface area contributed by atoms with Crippen molar-refractivity contribution in [2.45, 2.75) is 72.8 Å². The van der Waals surface area contributed by atoms with Crippen LogP contribution in [0.15, 0.2) is 6.07 Å². The molecule has 2 aromatic rings. The van der Waals surface area contributed by atoms with Crippen molar-refractivity contribution in [3.63, 3.8) is 0 Å². The molecular weight excluding hydrogens is 406 g/mol. The molecule has 0 bridgehead atoms. The minimum absolute atomic E-state index is 0.00386. The van der Waals surface area contributed by atoms with Gasteiger partial charge in [0, 0.05) is 61.4 Å². The summed E-state index contributed by atoms with van der Waals surface area (Å²) in [6.45, 7) is 13.8. The van der Waals surface area contributed by atoms with E-state index in [9.17, 15) is 9.59 Å². The molecule has 32 heavy (non-hydrogen) atoms. The second-order valence-corrected chi connectivity index (χ2v) is 10.0. The van der Waals surface area contributed by atoms with Crippen LogP contribution in [0.2, 0.25) is 0 Å². The zero-order valence-corrected chi connectivity index (χ0v) is 20.5. The monoisotopic (exact) mass is 443 g/mol. The van der Waals surface area contributed by atoms with Crippen molar-refractivity contribution in [1.29, 1.82) is 0 Å². The summed E-state index contributed by atoms with van der Waals surface area (Å²) in [5.74, 6) is 0.415. The predicted octanol–water partition coefficient (Wildman–Crippen LogP) is 2.79. The second kappa shape index (κ2) is 9.57. The lowest BCUT2D eigenvalue weighted by Crippen LogP contribution is -2.37. The molecule has 1 aliphatic heterocycles. The molecule has 2 aromatic heterocycles. The number of ether oxygens (including phenoxy) is 1. The smallest absolute Gasteiger partial charge is 0.227 e. The quantitative estimate of drug-likeness (QED) is 0.711. The fourth-order valence-electron chi connectivity index (χ4n) is 4.44. The van der Waals surface area contributed by atoms with E-state index in [-0.39, 0.29) is 29.2 Å². The number of nitrogens with one attached hydrogen (secondary N) is 1. The SMILES string of the molecule is COC[C@@H](C)NC(=O)CCc1c(C)nc2cc([C@@H]3CCN(C(=O)C(C)(C)C)C3)nn2c1C. The molecule has 2 amide bonds. The molecule has 1 N–H and O–H groups in total. The molecule has 1 fully saturated rings. The van der Waals surface area contributed by atoms with Crippen molar-refractivity contribution in [2.24, 2.45) is 5.41 Å². The second-order valence-electron chi connectivity index (χ2n) is 10.0. The van der Waals surface area contributed by atoms with Crippen LogP contribution in [-0.2, 0) is 20.7 Å². The number of carbonyl (C=O) groups is 2. The summed E-state index contributed by atoms with van der Waals surface area (Å²) in [6.07, 6.45) is 1.92. The molecule has 8 heteroatoms. The first kappa shape index (κ1) is 24.2. The van der Waals surface area contributed by atoms with Gasteiger partial charge in [0.1, 0.15) is 0 Å². The highest BCUT2D eigenvalue weighted by molar-refractivity contribution is 5.81. The van der Waals surface area contributed by atoms with Crippen LogP contribution >= 0.6 is 0 Å². The Bertz CT molecular complexity index is 992. The molecule has 176 valence electrons. The number of hydrogen-bond acceptors (Lipinski definition) is 5. The van der Waals surface area contributed by atoms with Crippen molar-refractivity contribution < 1.29 is 14.3 Å². The Labute approximate surface area is 190 Å². The number of carbonyl (C=O) groups excluding carboxylic acids is 2. The van der Waals surface area contributed by atoms with E-state index in [2.05, 4.69) is 5.32 Å². The van der Waals surface area contributed by atoms with Gasteiger partial charge < -0.3 is 15.0 Å². The molecule has 3 heterocycles. The maximum Gasteiger partial charge on any atom is 0.227 e. The van der Waals surface area contributed by atoms with Crippen LogP contribution in [0.4, 0.5) is 0 Å². The fourth-order valence-corrected chi connectivity index (χ4v) is 4.44. The van der Waals surface area contributed by atoms with Gasteiger partial charge in [0.05, 0.1) is 12.3 Å². The topological polar surface area (TPSA) is 88.8 Å². The molecule has 2 atom stereocenters. The fraction of sp³-hybridized carbons (Fsp3) is 0.667. The van der Waals surface area contributed by atoms with E-state index in [1.807, 2.05) is 57.0 Å². The van der Waals surface area contributed by atoms with E-state index < -0.39 is 0 Å². The first-order valence-corrected chi connectivity index (χ1v) is 11.4. The molecule has 0 aliphatic carbocycles. The molecule has 0 unspecified atom stereocenters. The zero-order chi connectivity index (χ0) is 23.6. The molecule has 1 saturated heterocycles. The van der Waals surface area contributed by atoms with Crippen molar-refractivity contribution in [2.75, 3.05) is 26.8 Å². The van der Waals surface area contributed by atoms with Crippen molar-refractivity contribution >= 4 is 17.5 Å². The number of amides is 2. The number of rotatable bonds is 7. The molecule has 0 aromatic carbocycles. The third-order valence-corrected chi connectivity index (χ3v) is 6.14. The summed E-state index contributed by atoms with van der Waals surface area (Å²) in [5.41, 5.74) is 4.42. The molecule has 1 aliphatic rings. The van der Waals surface area contributed by atoms with E-state index in [0.717, 1.165) is 41.3 Å². The van der Waals surface area contributed by atoms with Crippen LogP contribution in [0.5, 0.6) is 0 Å². The Kier molecular flexibility index (Phi) is 7.22. The zero-order valence-electron chi connectivity index (χ0n) is 20.5. The summed E-state index contributed by atoms with van der Waals surface area (Å²) in [6, 6.07) is 2.03. The van der Waals surface area contributed by atoms with Gasteiger partial charge in [-0.25, -0.2) is 9.50 Å². The van der Waals surface area contributed by atoms with Gasteiger partial charge in [-0.2, -0.15) is 5.10 Å². The first-order valence-electron chi connectivity index (χ1n) is 11.4. The minimum atomic E-state index is -0.369. The molecule has 8 nitrogen and oxygen atoms in total. The molecule has 3 rings (SSSR count). The number of aromatic nitrogens is 3. The normalized spacial score (nSPS) is 17.7. The Morgan fingerprint density at radius 2 is 2.03 bits per heavy atom. The van der Waals surface area contributed by atoms with Gasteiger partial charge in [-0.05, 0) is 39.2 Å². The number of hydrogen-bond donors (Lipinski definition) is 1. The van der Waals surface area contributed by atoms with Crippen LogP contribution in [0.1, 0.15) is 69.1 Å².